The molecule has 0 aromatic heterocycles. The van der Waals surface area contributed by atoms with Crippen LogP contribution in [0.3, 0.4) is 0 Å². The van der Waals surface area contributed by atoms with Gasteiger partial charge in [-0.3, -0.25) is 4.79 Å². The molecule has 4 nitrogen and oxygen atoms in total. The zero-order valence-corrected chi connectivity index (χ0v) is 12.7. The fraction of sp³-hybridized carbons (Fsp3) is 0.462. The number of hydrogen-bond donors (Lipinski definition) is 0. The maximum Gasteiger partial charge on any atom is 0.312 e. The summed E-state index contributed by atoms with van der Waals surface area (Å²) >= 11 is 5.94. The Morgan fingerprint density at radius 3 is 2.42 bits per heavy atom. The number of esters is 1. The zero-order chi connectivity index (χ0) is 14.7. The van der Waals surface area contributed by atoms with Gasteiger partial charge in [0.25, 0.3) is 0 Å². The first kappa shape index (κ1) is 16.0. The Morgan fingerprint density at radius 2 is 1.89 bits per heavy atom. The minimum Gasteiger partial charge on any atom is -0.469 e. The molecule has 0 radical (unpaired) electrons. The molecule has 106 valence electrons. The van der Waals surface area contributed by atoms with Crippen molar-refractivity contribution in [1.82, 2.24) is 0 Å². The number of ether oxygens (including phenoxy) is 1. The summed E-state index contributed by atoms with van der Waals surface area (Å²) in [6, 6.07) is 6.75. The van der Waals surface area contributed by atoms with Crippen LogP contribution in [0.25, 0.3) is 0 Å². The lowest BCUT2D eigenvalue weighted by molar-refractivity contribution is -0.149. The van der Waals surface area contributed by atoms with Crippen molar-refractivity contribution < 1.29 is 17.9 Å². The second-order valence-electron chi connectivity index (χ2n) is 5.00. The smallest absolute Gasteiger partial charge is 0.312 e. The van der Waals surface area contributed by atoms with Crippen molar-refractivity contribution in [3.05, 3.63) is 34.9 Å². The molecule has 19 heavy (non-hydrogen) atoms. The van der Waals surface area contributed by atoms with Crippen molar-refractivity contribution in [2.45, 2.75) is 19.6 Å². The molecule has 0 atom stereocenters. The molecule has 0 heterocycles. The van der Waals surface area contributed by atoms with E-state index in [1.807, 2.05) is 0 Å². The van der Waals surface area contributed by atoms with Crippen molar-refractivity contribution in [3.8, 4) is 0 Å². The molecule has 0 unspecified atom stereocenters. The normalized spacial score (nSPS) is 12.2. The summed E-state index contributed by atoms with van der Waals surface area (Å²) in [4.78, 5) is 11.5. The molecule has 0 bridgehead atoms. The van der Waals surface area contributed by atoms with Gasteiger partial charge in [-0.1, -0.05) is 29.8 Å². The molecule has 0 saturated heterocycles. The third-order valence-corrected chi connectivity index (χ3v) is 4.93. The van der Waals surface area contributed by atoms with Gasteiger partial charge in [0.2, 0.25) is 0 Å². The van der Waals surface area contributed by atoms with Crippen molar-refractivity contribution in [1.29, 1.82) is 0 Å². The predicted molar refractivity (Wildman–Crippen MR) is 74.7 cm³/mol. The van der Waals surface area contributed by atoms with Gasteiger partial charge in [0.15, 0.2) is 9.84 Å². The molecular formula is C13H17ClO4S. The Hall–Kier alpha value is -1.07. The highest BCUT2D eigenvalue weighted by molar-refractivity contribution is 7.90. The average Bonchev–Trinajstić information content (AvgIpc) is 2.29. The Kier molecular flexibility index (Phi) is 4.98. The summed E-state index contributed by atoms with van der Waals surface area (Å²) in [5.74, 6) is -1.01. The molecule has 0 aliphatic rings. The zero-order valence-electron chi connectivity index (χ0n) is 11.1. The molecule has 1 aromatic rings. The van der Waals surface area contributed by atoms with E-state index in [-0.39, 0.29) is 11.5 Å². The van der Waals surface area contributed by atoms with Crippen molar-refractivity contribution in [2.75, 3.05) is 12.9 Å². The molecule has 1 rings (SSSR count). The third kappa shape index (κ3) is 4.51. The van der Waals surface area contributed by atoms with Gasteiger partial charge in [-0.05, 0) is 25.5 Å². The fourth-order valence-corrected chi connectivity index (χ4v) is 4.12. The lowest BCUT2D eigenvalue weighted by atomic mass is 9.97. The molecule has 0 fully saturated rings. The Balaban J connectivity index is 2.89. The lowest BCUT2D eigenvalue weighted by Crippen LogP contribution is -2.34. The van der Waals surface area contributed by atoms with E-state index >= 15 is 0 Å². The molecule has 0 N–H and O–H groups in total. The van der Waals surface area contributed by atoms with E-state index in [0.717, 1.165) is 0 Å². The third-order valence-electron chi connectivity index (χ3n) is 2.65. The van der Waals surface area contributed by atoms with Gasteiger partial charge in [-0.25, -0.2) is 8.42 Å². The Labute approximate surface area is 118 Å². The minimum atomic E-state index is -3.46. The fourth-order valence-electron chi connectivity index (χ4n) is 1.79. The molecule has 6 heteroatoms. The van der Waals surface area contributed by atoms with Crippen LogP contribution < -0.4 is 0 Å². The number of halogens is 1. The molecule has 0 amide bonds. The monoisotopic (exact) mass is 304 g/mol. The lowest BCUT2D eigenvalue weighted by Gasteiger charge is -2.21. The van der Waals surface area contributed by atoms with Crippen LogP contribution in [-0.4, -0.2) is 27.2 Å². The Morgan fingerprint density at radius 1 is 1.32 bits per heavy atom. The van der Waals surface area contributed by atoms with Crippen LogP contribution in [0.1, 0.15) is 19.4 Å². The first-order valence-electron chi connectivity index (χ1n) is 5.70. The van der Waals surface area contributed by atoms with E-state index in [4.69, 9.17) is 11.6 Å². The summed E-state index contributed by atoms with van der Waals surface area (Å²) in [5.41, 5.74) is -0.542. The van der Waals surface area contributed by atoms with E-state index < -0.39 is 21.2 Å². The predicted octanol–water partition coefficient (Wildman–Crippen LogP) is 2.45. The standard InChI is InChI=1S/C13H17ClO4S/c1-13(2,12(15)18-3)9-19(16,17)8-10-6-4-5-7-11(10)14/h4-7H,8-9H2,1-3H3. The highest BCUT2D eigenvalue weighted by Gasteiger charge is 2.34. The van der Waals surface area contributed by atoms with Crippen molar-refractivity contribution >= 4 is 27.4 Å². The quantitative estimate of drug-likeness (QED) is 0.784. The highest BCUT2D eigenvalue weighted by Crippen LogP contribution is 2.24. The Bertz CT molecular complexity index is 564. The van der Waals surface area contributed by atoms with Gasteiger partial charge >= 0.3 is 5.97 Å². The molecule has 0 aliphatic heterocycles. The van der Waals surface area contributed by atoms with E-state index in [1.165, 1.54) is 7.11 Å². The number of rotatable bonds is 5. The van der Waals surface area contributed by atoms with Crippen LogP contribution in [0.4, 0.5) is 0 Å². The van der Waals surface area contributed by atoms with Crippen LogP contribution in [0.2, 0.25) is 5.02 Å². The second kappa shape index (κ2) is 5.92. The number of sulfone groups is 1. The van der Waals surface area contributed by atoms with Crippen LogP contribution in [0, 0.1) is 5.41 Å². The summed E-state index contributed by atoms with van der Waals surface area (Å²) in [7, 11) is -2.21. The van der Waals surface area contributed by atoms with Gasteiger partial charge in [0.05, 0.1) is 24.0 Å². The average molecular weight is 305 g/mol. The summed E-state index contributed by atoms with van der Waals surface area (Å²) in [6.45, 7) is 3.09. The van der Waals surface area contributed by atoms with Crippen LogP contribution in [-0.2, 0) is 25.1 Å². The number of benzene rings is 1. The first-order chi connectivity index (χ1) is 8.68. The summed E-state index contributed by atoms with van der Waals surface area (Å²) in [5, 5.41) is 0.405. The largest absolute Gasteiger partial charge is 0.469 e. The van der Waals surface area contributed by atoms with Gasteiger partial charge in [-0.15, -0.1) is 0 Å². The maximum absolute atomic E-state index is 12.1. The van der Waals surface area contributed by atoms with E-state index in [9.17, 15) is 13.2 Å². The van der Waals surface area contributed by atoms with E-state index in [1.54, 1.807) is 38.1 Å². The van der Waals surface area contributed by atoms with E-state index in [2.05, 4.69) is 4.74 Å². The first-order valence-corrected chi connectivity index (χ1v) is 7.90. The molecule has 0 spiro atoms. The minimum absolute atomic E-state index is 0.187. The topological polar surface area (TPSA) is 60.4 Å². The number of methoxy groups -OCH3 is 1. The molecule has 0 saturated carbocycles. The molecular weight excluding hydrogens is 288 g/mol. The highest BCUT2D eigenvalue weighted by atomic mass is 35.5. The van der Waals surface area contributed by atoms with E-state index in [0.29, 0.717) is 10.6 Å². The molecule has 1 aromatic carbocycles. The number of hydrogen-bond acceptors (Lipinski definition) is 4. The van der Waals surface area contributed by atoms with Gasteiger partial charge in [0.1, 0.15) is 0 Å². The number of carbonyl (C=O) groups is 1. The second-order valence-corrected chi connectivity index (χ2v) is 7.47. The van der Waals surface area contributed by atoms with Crippen LogP contribution in [0.15, 0.2) is 24.3 Å². The number of carbonyl (C=O) groups excluding carboxylic acids is 1. The van der Waals surface area contributed by atoms with Crippen LogP contribution >= 0.6 is 11.6 Å². The van der Waals surface area contributed by atoms with Gasteiger partial charge in [-0.2, -0.15) is 0 Å². The maximum atomic E-state index is 12.1. The summed E-state index contributed by atoms with van der Waals surface area (Å²) < 4.78 is 28.8. The SMILES string of the molecule is COC(=O)C(C)(C)CS(=O)(=O)Cc1ccccc1Cl. The van der Waals surface area contributed by atoms with Gasteiger partial charge in [0, 0.05) is 5.02 Å². The molecule has 0 aliphatic carbocycles. The van der Waals surface area contributed by atoms with Crippen LogP contribution in [0.5, 0.6) is 0 Å². The van der Waals surface area contributed by atoms with Gasteiger partial charge < -0.3 is 4.74 Å². The van der Waals surface area contributed by atoms with Crippen molar-refractivity contribution in [2.24, 2.45) is 5.41 Å². The van der Waals surface area contributed by atoms with Crippen molar-refractivity contribution in [3.63, 3.8) is 0 Å². The summed E-state index contributed by atoms with van der Waals surface area (Å²) in [6.07, 6.45) is 0.